The van der Waals surface area contributed by atoms with Gasteiger partial charge in [-0.15, -0.1) is 0 Å². The maximum Gasteiger partial charge on any atom is 0.240 e. The molecular weight excluding hydrogens is 204 g/mol. The van der Waals surface area contributed by atoms with Gasteiger partial charge in [-0.05, 0) is 32.4 Å². The molecule has 5 heteroatoms. The third-order valence-corrected chi connectivity index (χ3v) is 2.95. The van der Waals surface area contributed by atoms with Gasteiger partial charge in [0.05, 0.1) is 6.54 Å². The van der Waals surface area contributed by atoms with Crippen LogP contribution >= 0.6 is 0 Å². The first-order valence-corrected chi connectivity index (χ1v) is 6.09. The predicted molar refractivity (Wildman–Crippen MR) is 60.9 cm³/mol. The van der Waals surface area contributed by atoms with E-state index < -0.39 is 0 Å². The number of hydrogen-bond acceptors (Lipinski definition) is 5. The largest absolute Gasteiger partial charge is 0.338 e. The minimum Gasteiger partial charge on any atom is -0.338 e. The summed E-state index contributed by atoms with van der Waals surface area (Å²) < 4.78 is 5.05. The molecule has 1 aliphatic heterocycles. The fraction of sp³-hybridized carbons (Fsp3) is 0.818. The van der Waals surface area contributed by atoms with Gasteiger partial charge in [-0.2, -0.15) is 4.98 Å². The molecule has 0 amide bonds. The molecule has 1 aliphatic rings. The summed E-state index contributed by atoms with van der Waals surface area (Å²) in [5.74, 6) is 0.714. The fourth-order valence-corrected chi connectivity index (χ4v) is 2.23. The van der Waals surface area contributed by atoms with Crippen molar-refractivity contribution < 1.29 is 4.52 Å². The van der Waals surface area contributed by atoms with E-state index in [-0.39, 0.29) is 0 Å². The van der Waals surface area contributed by atoms with Crippen molar-refractivity contribution in [1.82, 2.24) is 20.4 Å². The van der Waals surface area contributed by atoms with Gasteiger partial charge >= 0.3 is 0 Å². The standard InChI is InChI=1S/C11H20N4O/c1-2-6-15(7-10-4-3-5-12-10)8-11-13-9-14-16-11/h9-10,12H,2-8H2,1H3. The molecule has 1 atom stereocenters. The van der Waals surface area contributed by atoms with E-state index in [0.29, 0.717) is 11.9 Å². The summed E-state index contributed by atoms with van der Waals surface area (Å²) in [5.41, 5.74) is 0. The molecule has 0 aromatic carbocycles. The van der Waals surface area contributed by atoms with Crippen molar-refractivity contribution in [2.75, 3.05) is 19.6 Å². The maximum absolute atomic E-state index is 5.05. The topological polar surface area (TPSA) is 54.2 Å². The van der Waals surface area contributed by atoms with Crippen molar-refractivity contribution in [3.8, 4) is 0 Å². The second-order valence-corrected chi connectivity index (χ2v) is 4.36. The molecule has 1 saturated heterocycles. The fourth-order valence-electron chi connectivity index (χ4n) is 2.23. The molecule has 2 rings (SSSR count). The molecule has 0 radical (unpaired) electrons. The lowest BCUT2D eigenvalue weighted by Crippen LogP contribution is -2.37. The van der Waals surface area contributed by atoms with E-state index in [0.717, 1.165) is 32.6 Å². The van der Waals surface area contributed by atoms with E-state index in [9.17, 15) is 0 Å². The predicted octanol–water partition coefficient (Wildman–Crippen LogP) is 1.03. The van der Waals surface area contributed by atoms with Gasteiger partial charge in [0.15, 0.2) is 6.33 Å². The molecule has 0 bridgehead atoms. The SMILES string of the molecule is CCCN(Cc1ncno1)CC1CCCN1. The van der Waals surface area contributed by atoms with E-state index >= 15 is 0 Å². The second kappa shape index (κ2) is 5.96. The van der Waals surface area contributed by atoms with E-state index in [4.69, 9.17) is 4.52 Å². The van der Waals surface area contributed by atoms with E-state index in [1.54, 1.807) is 0 Å². The van der Waals surface area contributed by atoms with Gasteiger partial charge in [-0.3, -0.25) is 4.90 Å². The van der Waals surface area contributed by atoms with Crippen LogP contribution in [0.3, 0.4) is 0 Å². The Labute approximate surface area is 96.2 Å². The quantitative estimate of drug-likeness (QED) is 0.782. The lowest BCUT2D eigenvalue weighted by molar-refractivity contribution is 0.209. The summed E-state index contributed by atoms with van der Waals surface area (Å²) in [7, 11) is 0. The summed E-state index contributed by atoms with van der Waals surface area (Å²) in [5, 5.41) is 7.16. The zero-order valence-corrected chi connectivity index (χ0v) is 9.85. The summed E-state index contributed by atoms with van der Waals surface area (Å²) in [4.78, 5) is 6.46. The minimum atomic E-state index is 0.634. The van der Waals surface area contributed by atoms with Crippen molar-refractivity contribution in [2.45, 2.75) is 38.8 Å². The number of rotatable bonds is 6. The van der Waals surface area contributed by atoms with Gasteiger partial charge in [0, 0.05) is 12.6 Å². The van der Waals surface area contributed by atoms with Crippen molar-refractivity contribution in [3.63, 3.8) is 0 Å². The van der Waals surface area contributed by atoms with Crippen LogP contribution in [0.25, 0.3) is 0 Å². The summed E-state index contributed by atoms with van der Waals surface area (Å²) in [6.07, 6.45) is 5.20. The average Bonchev–Trinajstić information content (AvgIpc) is 2.91. The van der Waals surface area contributed by atoms with Crippen LogP contribution in [0.2, 0.25) is 0 Å². The van der Waals surface area contributed by atoms with Gasteiger partial charge in [0.1, 0.15) is 0 Å². The molecular formula is C11H20N4O. The number of aromatic nitrogens is 2. The van der Waals surface area contributed by atoms with E-state index in [1.807, 2.05) is 0 Å². The maximum atomic E-state index is 5.05. The smallest absolute Gasteiger partial charge is 0.240 e. The van der Waals surface area contributed by atoms with Crippen molar-refractivity contribution >= 4 is 0 Å². The monoisotopic (exact) mass is 224 g/mol. The summed E-state index contributed by atoms with van der Waals surface area (Å²) in [6, 6.07) is 0.634. The first-order chi connectivity index (χ1) is 7.88. The first kappa shape index (κ1) is 11.5. The molecule has 0 spiro atoms. The zero-order valence-electron chi connectivity index (χ0n) is 9.85. The van der Waals surface area contributed by atoms with Crippen molar-refractivity contribution in [3.05, 3.63) is 12.2 Å². The normalized spacial score (nSPS) is 20.8. The van der Waals surface area contributed by atoms with Crippen LogP contribution in [-0.2, 0) is 6.54 Å². The molecule has 0 aliphatic carbocycles. The minimum absolute atomic E-state index is 0.634. The van der Waals surface area contributed by atoms with Crippen LogP contribution in [0.5, 0.6) is 0 Å². The number of nitrogens with one attached hydrogen (secondary N) is 1. The molecule has 1 N–H and O–H groups in total. The van der Waals surface area contributed by atoms with Crippen LogP contribution in [0.4, 0.5) is 0 Å². The molecule has 5 nitrogen and oxygen atoms in total. The lowest BCUT2D eigenvalue weighted by atomic mass is 10.2. The Hall–Kier alpha value is -0.940. The van der Waals surface area contributed by atoms with Gasteiger partial charge in [0.25, 0.3) is 0 Å². The highest BCUT2D eigenvalue weighted by Gasteiger charge is 2.18. The van der Waals surface area contributed by atoms with E-state index in [2.05, 4.69) is 27.3 Å². The molecule has 2 heterocycles. The van der Waals surface area contributed by atoms with Crippen LogP contribution in [0.15, 0.2) is 10.9 Å². The van der Waals surface area contributed by atoms with Gasteiger partial charge in [0.2, 0.25) is 5.89 Å². The summed E-state index contributed by atoms with van der Waals surface area (Å²) >= 11 is 0. The molecule has 1 fully saturated rings. The Kier molecular flexibility index (Phi) is 4.30. The Balaban J connectivity index is 1.83. The van der Waals surface area contributed by atoms with E-state index in [1.165, 1.54) is 19.2 Å². The number of nitrogens with zero attached hydrogens (tertiary/aromatic N) is 3. The third-order valence-electron chi connectivity index (χ3n) is 2.95. The average molecular weight is 224 g/mol. The van der Waals surface area contributed by atoms with Gasteiger partial charge in [-0.1, -0.05) is 12.1 Å². The molecule has 1 aromatic rings. The second-order valence-electron chi connectivity index (χ2n) is 4.36. The molecule has 1 unspecified atom stereocenters. The Morgan fingerprint density at radius 2 is 2.56 bits per heavy atom. The molecule has 16 heavy (non-hydrogen) atoms. The Bertz CT molecular complexity index is 282. The first-order valence-electron chi connectivity index (χ1n) is 6.09. The summed E-state index contributed by atoms with van der Waals surface area (Å²) in [6.45, 7) is 6.29. The molecule has 1 aromatic heterocycles. The van der Waals surface area contributed by atoms with Crippen LogP contribution in [-0.4, -0.2) is 40.7 Å². The van der Waals surface area contributed by atoms with Crippen molar-refractivity contribution in [2.24, 2.45) is 0 Å². The zero-order chi connectivity index (χ0) is 11.2. The Morgan fingerprint density at radius 1 is 1.62 bits per heavy atom. The highest BCUT2D eigenvalue weighted by Crippen LogP contribution is 2.09. The van der Waals surface area contributed by atoms with Gasteiger partial charge in [-0.25, -0.2) is 0 Å². The number of hydrogen-bond donors (Lipinski definition) is 1. The van der Waals surface area contributed by atoms with Gasteiger partial charge < -0.3 is 9.84 Å². The van der Waals surface area contributed by atoms with Crippen molar-refractivity contribution in [1.29, 1.82) is 0 Å². The molecule has 0 saturated carbocycles. The Morgan fingerprint density at radius 3 is 3.19 bits per heavy atom. The van der Waals surface area contributed by atoms with Crippen LogP contribution in [0, 0.1) is 0 Å². The lowest BCUT2D eigenvalue weighted by Gasteiger charge is -2.23. The van der Waals surface area contributed by atoms with Crippen LogP contribution in [0.1, 0.15) is 32.1 Å². The molecule has 90 valence electrons. The highest BCUT2D eigenvalue weighted by molar-refractivity contribution is 4.81. The van der Waals surface area contributed by atoms with Crippen LogP contribution < -0.4 is 5.32 Å². The third kappa shape index (κ3) is 3.28. The highest BCUT2D eigenvalue weighted by atomic mass is 16.5.